The third-order valence-corrected chi connectivity index (χ3v) is 4.44. The first-order chi connectivity index (χ1) is 12.3. The summed E-state index contributed by atoms with van der Waals surface area (Å²) in [5.74, 6) is 0. The molecule has 0 saturated carbocycles. The minimum Gasteiger partial charge on any atom is -0.423 e. The fourth-order valence-electron chi connectivity index (χ4n) is 3.19. The van der Waals surface area contributed by atoms with Crippen molar-refractivity contribution in [2.24, 2.45) is 0 Å². The molecule has 1 fully saturated rings. The number of oxazole rings is 1. The molecule has 3 aromatic rings. The Morgan fingerprint density at radius 1 is 1.16 bits per heavy atom. The van der Waals surface area contributed by atoms with Crippen molar-refractivity contribution in [3.63, 3.8) is 0 Å². The quantitative estimate of drug-likeness (QED) is 0.763. The lowest BCUT2D eigenvalue weighted by atomic mass is 10.2. The van der Waals surface area contributed by atoms with Gasteiger partial charge in [-0.2, -0.15) is 4.98 Å². The molecule has 1 unspecified atom stereocenters. The van der Waals surface area contributed by atoms with Gasteiger partial charge in [0.1, 0.15) is 5.52 Å². The van der Waals surface area contributed by atoms with Crippen LogP contribution in [0.15, 0.2) is 59.0 Å². The highest BCUT2D eigenvalue weighted by molar-refractivity contribution is 5.89. The molecule has 25 heavy (non-hydrogen) atoms. The number of fused-ring (bicyclic) bond motifs is 1. The van der Waals surface area contributed by atoms with Gasteiger partial charge in [-0.3, -0.25) is 0 Å². The van der Waals surface area contributed by atoms with Gasteiger partial charge in [0.2, 0.25) is 0 Å². The number of rotatable bonds is 4. The van der Waals surface area contributed by atoms with Gasteiger partial charge in [0, 0.05) is 18.8 Å². The summed E-state index contributed by atoms with van der Waals surface area (Å²) in [6, 6.07) is 17.8. The number of aromatic nitrogens is 1. The Bertz CT molecular complexity index is 829. The number of hydrogen-bond acceptors (Lipinski definition) is 4. The van der Waals surface area contributed by atoms with E-state index in [0.717, 1.165) is 36.2 Å². The van der Waals surface area contributed by atoms with Crippen LogP contribution in [0.2, 0.25) is 0 Å². The molecule has 1 aromatic heterocycles. The molecule has 1 saturated heterocycles. The lowest BCUT2D eigenvalue weighted by molar-refractivity contribution is 0.251. The maximum atomic E-state index is 12.1. The van der Waals surface area contributed by atoms with Gasteiger partial charge in [-0.15, -0.1) is 0 Å². The Labute approximate surface area is 145 Å². The standard InChI is InChI=1S/C19H20N4O2/c24-18(21-14-7-2-1-3-8-14)20-13-15-9-6-12-23(15)19-22-16-10-4-5-11-17(16)25-19/h1-5,7-8,10-11,15H,6,9,12-13H2,(H2,20,21,24). The van der Waals surface area contributed by atoms with E-state index < -0.39 is 0 Å². The molecule has 1 aliphatic rings. The summed E-state index contributed by atoms with van der Waals surface area (Å²) in [4.78, 5) is 18.8. The highest BCUT2D eigenvalue weighted by Gasteiger charge is 2.28. The minimum absolute atomic E-state index is 0.189. The van der Waals surface area contributed by atoms with Gasteiger partial charge in [0.15, 0.2) is 5.58 Å². The number of amides is 2. The topological polar surface area (TPSA) is 70.4 Å². The average Bonchev–Trinajstić information content (AvgIpc) is 3.27. The van der Waals surface area contributed by atoms with E-state index >= 15 is 0 Å². The zero-order valence-electron chi connectivity index (χ0n) is 13.8. The van der Waals surface area contributed by atoms with E-state index in [1.54, 1.807) is 0 Å². The summed E-state index contributed by atoms with van der Waals surface area (Å²) >= 11 is 0. The van der Waals surface area contributed by atoms with Crippen molar-refractivity contribution in [2.45, 2.75) is 18.9 Å². The van der Waals surface area contributed by atoms with Gasteiger partial charge in [-0.05, 0) is 37.1 Å². The van der Waals surface area contributed by atoms with Crippen molar-refractivity contribution in [1.29, 1.82) is 0 Å². The molecule has 2 heterocycles. The van der Waals surface area contributed by atoms with Gasteiger partial charge < -0.3 is 20.0 Å². The fourth-order valence-corrected chi connectivity index (χ4v) is 3.19. The van der Waals surface area contributed by atoms with Crippen LogP contribution in [-0.2, 0) is 0 Å². The monoisotopic (exact) mass is 336 g/mol. The summed E-state index contributed by atoms with van der Waals surface area (Å²) < 4.78 is 5.87. The minimum atomic E-state index is -0.199. The predicted octanol–water partition coefficient (Wildman–Crippen LogP) is 3.62. The molecule has 0 radical (unpaired) electrons. The highest BCUT2D eigenvalue weighted by atomic mass is 16.4. The first kappa shape index (κ1) is 15.5. The van der Waals surface area contributed by atoms with Crippen LogP contribution in [0.1, 0.15) is 12.8 Å². The molecule has 2 amide bonds. The molecule has 0 bridgehead atoms. The Balaban J connectivity index is 1.39. The number of urea groups is 1. The first-order valence-electron chi connectivity index (χ1n) is 8.52. The molecule has 6 heteroatoms. The number of nitrogens with one attached hydrogen (secondary N) is 2. The van der Waals surface area contributed by atoms with Gasteiger partial charge in [0.25, 0.3) is 6.01 Å². The largest absolute Gasteiger partial charge is 0.423 e. The molecule has 2 N–H and O–H groups in total. The van der Waals surface area contributed by atoms with E-state index in [1.165, 1.54) is 0 Å². The maximum absolute atomic E-state index is 12.1. The number of anilines is 2. The number of benzene rings is 2. The molecular formula is C19H20N4O2. The van der Waals surface area contributed by atoms with Crippen molar-refractivity contribution in [3.05, 3.63) is 54.6 Å². The lowest BCUT2D eigenvalue weighted by Gasteiger charge is -2.23. The van der Waals surface area contributed by atoms with Gasteiger partial charge in [0.05, 0.1) is 6.04 Å². The van der Waals surface area contributed by atoms with Crippen LogP contribution in [0.5, 0.6) is 0 Å². The molecule has 0 aliphatic carbocycles. The average molecular weight is 336 g/mol. The van der Waals surface area contributed by atoms with Crippen molar-refractivity contribution >= 4 is 28.8 Å². The maximum Gasteiger partial charge on any atom is 0.319 e. The third kappa shape index (κ3) is 3.42. The summed E-state index contributed by atoms with van der Waals surface area (Å²) in [5.41, 5.74) is 2.43. The number of hydrogen-bond donors (Lipinski definition) is 2. The van der Waals surface area contributed by atoms with Crippen LogP contribution >= 0.6 is 0 Å². The van der Waals surface area contributed by atoms with E-state index in [4.69, 9.17) is 4.42 Å². The van der Waals surface area contributed by atoms with Gasteiger partial charge >= 0.3 is 6.03 Å². The Morgan fingerprint density at radius 3 is 2.80 bits per heavy atom. The second kappa shape index (κ2) is 6.84. The molecule has 2 aromatic carbocycles. The summed E-state index contributed by atoms with van der Waals surface area (Å²) in [5, 5.41) is 5.78. The number of carbonyl (C=O) groups is 1. The predicted molar refractivity (Wildman–Crippen MR) is 97.8 cm³/mol. The highest BCUT2D eigenvalue weighted by Crippen LogP contribution is 2.27. The van der Waals surface area contributed by atoms with E-state index in [1.807, 2.05) is 54.6 Å². The number of para-hydroxylation sites is 3. The van der Waals surface area contributed by atoms with E-state index in [2.05, 4.69) is 20.5 Å². The van der Waals surface area contributed by atoms with E-state index in [0.29, 0.717) is 12.6 Å². The molecule has 6 nitrogen and oxygen atoms in total. The normalized spacial score (nSPS) is 17.0. The van der Waals surface area contributed by atoms with Crippen LogP contribution in [0.25, 0.3) is 11.1 Å². The summed E-state index contributed by atoms with van der Waals surface area (Å²) in [6.07, 6.45) is 2.07. The van der Waals surface area contributed by atoms with Crippen LogP contribution in [0.4, 0.5) is 16.5 Å². The lowest BCUT2D eigenvalue weighted by Crippen LogP contribution is -2.41. The summed E-state index contributed by atoms with van der Waals surface area (Å²) in [7, 11) is 0. The molecule has 1 aliphatic heterocycles. The number of carbonyl (C=O) groups excluding carboxylic acids is 1. The van der Waals surface area contributed by atoms with Crippen molar-refractivity contribution in [2.75, 3.05) is 23.3 Å². The van der Waals surface area contributed by atoms with Crippen LogP contribution in [-0.4, -0.2) is 30.1 Å². The second-order valence-corrected chi connectivity index (χ2v) is 6.15. The molecule has 4 rings (SSSR count). The van der Waals surface area contributed by atoms with Crippen LogP contribution in [0, 0.1) is 0 Å². The van der Waals surface area contributed by atoms with Gasteiger partial charge in [-0.25, -0.2) is 4.79 Å². The Kier molecular flexibility index (Phi) is 4.24. The smallest absolute Gasteiger partial charge is 0.319 e. The number of nitrogens with zero attached hydrogens (tertiary/aromatic N) is 2. The molecule has 128 valence electrons. The zero-order chi connectivity index (χ0) is 17.1. The molecule has 1 atom stereocenters. The third-order valence-electron chi connectivity index (χ3n) is 4.44. The Hall–Kier alpha value is -3.02. The van der Waals surface area contributed by atoms with Crippen molar-refractivity contribution in [1.82, 2.24) is 10.3 Å². The second-order valence-electron chi connectivity index (χ2n) is 6.15. The Morgan fingerprint density at radius 2 is 1.96 bits per heavy atom. The molecular weight excluding hydrogens is 316 g/mol. The fraction of sp³-hybridized carbons (Fsp3) is 0.263. The first-order valence-corrected chi connectivity index (χ1v) is 8.52. The van der Waals surface area contributed by atoms with Crippen LogP contribution < -0.4 is 15.5 Å². The molecule has 0 spiro atoms. The van der Waals surface area contributed by atoms with E-state index in [9.17, 15) is 4.79 Å². The van der Waals surface area contributed by atoms with Crippen LogP contribution in [0.3, 0.4) is 0 Å². The van der Waals surface area contributed by atoms with E-state index in [-0.39, 0.29) is 12.1 Å². The zero-order valence-corrected chi connectivity index (χ0v) is 13.8. The summed E-state index contributed by atoms with van der Waals surface area (Å²) in [6.45, 7) is 1.44. The van der Waals surface area contributed by atoms with Crippen molar-refractivity contribution in [3.8, 4) is 0 Å². The SMILES string of the molecule is O=C(NCC1CCCN1c1nc2ccccc2o1)Nc1ccccc1. The van der Waals surface area contributed by atoms with Gasteiger partial charge in [-0.1, -0.05) is 30.3 Å². The van der Waals surface area contributed by atoms with Crippen molar-refractivity contribution < 1.29 is 9.21 Å².